The maximum atomic E-state index is 3.48. The van der Waals surface area contributed by atoms with Crippen LogP contribution in [0.5, 0.6) is 0 Å². The molecule has 0 aliphatic rings. The number of hydrogen-bond acceptors (Lipinski definition) is 0. The van der Waals surface area contributed by atoms with E-state index in [9.17, 15) is 0 Å². The minimum absolute atomic E-state index is 0.215. The smallest absolute Gasteiger partial charge is 0.0175 e. The Hall–Kier alpha value is -0.170. The average Bonchev–Trinajstić information content (AvgIpc) is 2.35. The van der Waals surface area contributed by atoms with Crippen LogP contribution in [0.25, 0.3) is 0 Å². The van der Waals surface area contributed by atoms with Crippen molar-refractivity contribution in [1.82, 2.24) is 0 Å². The molecule has 0 heterocycles. The molecule has 0 amide bonds. The monoisotopic (exact) mass is 370 g/mol. The van der Waals surface area contributed by atoms with Gasteiger partial charge in [0.15, 0.2) is 0 Å². The summed E-state index contributed by atoms with van der Waals surface area (Å²) in [5.74, 6) is 0. The molecule has 0 aliphatic heterocycles. The van der Waals surface area contributed by atoms with E-state index in [0.29, 0.717) is 0 Å². The highest BCUT2D eigenvalue weighted by atomic mass is 79.9. The first-order chi connectivity index (χ1) is 8.20. The van der Waals surface area contributed by atoms with Gasteiger partial charge in [-0.05, 0) is 49.0 Å². The number of halogens is 2. The van der Waals surface area contributed by atoms with Crippen LogP contribution in [0, 0.1) is 0 Å². The zero-order valence-corrected chi connectivity index (χ0v) is 13.6. The molecule has 0 spiro atoms. The highest BCUT2D eigenvalue weighted by Crippen LogP contribution is 2.33. The molecule has 2 aromatic carbocycles. The van der Waals surface area contributed by atoms with Crippen LogP contribution in [0.3, 0.4) is 0 Å². The third-order valence-electron chi connectivity index (χ3n) is 2.59. The molecule has 2 rings (SSSR count). The summed E-state index contributed by atoms with van der Waals surface area (Å²) in [7, 11) is -0.215. The molecule has 0 fully saturated rings. The maximum Gasteiger partial charge on any atom is 0.0175 e. The standard InChI is InChI=1S/C14H13Br2P/c1-2-17(13-7-3-11(15)4-8-13)14-9-5-12(16)6-10-14/h3-10H,2H2,1H3. The summed E-state index contributed by atoms with van der Waals surface area (Å²) in [4.78, 5) is 0. The fraction of sp³-hybridized carbons (Fsp3) is 0.143. The van der Waals surface area contributed by atoms with Crippen LogP contribution in [0.2, 0.25) is 0 Å². The molecule has 0 saturated carbocycles. The lowest BCUT2D eigenvalue weighted by atomic mass is 10.4. The van der Waals surface area contributed by atoms with Gasteiger partial charge in [-0.25, -0.2) is 0 Å². The summed E-state index contributed by atoms with van der Waals surface area (Å²) < 4.78 is 2.28. The SMILES string of the molecule is CCP(c1ccc(Br)cc1)c1ccc(Br)cc1. The van der Waals surface area contributed by atoms with Crippen LogP contribution in [0.1, 0.15) is 6.92 Å². The lowest BCUT2D eigenvalue weighted by Crippen LogP contribution is -2.12. The van der Waals surface area contributed by atoms with E-state index >= 15 is 0 Å². The van der Waals surface area contributed by atoms with Crippen molar-refractivity contribution in [1.29, 1.82) is 0 Å². The van der Waals surface area contributed by atoms with Crippen LogP contribution in [-0.4, -0.2) is 6.16 Å². The van der Waals surface area contributed by atoms with Crippen LogP contribution in [-0.2, 0) is 0 Å². The second kappa shape index (κ2) is 6.13. The van der Waals surface area contributed by atoms with Gasteiger partial charge in [0, 0.05) is 8.95 Å². The van der Waals surface area contributed by atoms with Gasteiger partial charge in [0.05, 0.1) is 0 Å². The minimum Gasteiger partial charge on any atom is -0.0608 e. The molecule has 0 radical (unpaired) electrons. The zero-order chi connectivity index (χ0) is 12.3. The van der Waals surface area contributed by atoms with Crippen molar-refractivity contribution < 1.29 is 0 Å². The van der Waals surface area contributed by atoms with Crippen molar-refractivity contribution in [2.24, 2.45) is 0 Å². The highest BCUT2D eigenvalue weighted by molar-refractivity contribution is 9.10. The molecule has 2 aromatic rings. The molecule has 0 bridgehead atoms. The molecule has 17 heavy (non-hydrogen) atoms. The largest absolute Gasteiger partial charge is 0.0608 e. The Balaban J connectivity index is 2.33. The molecule has 3 heteroatoms. The van der Waals surface area contributed by atoms with Gasteiger partial charge >= 0.3 is 0 Å². The Kier molecular flexibility index (Phi) is 4.78. The molecular weight excluding hydrogens is 359 g/mol. The molecule has 0 saturated heterocycles. The normalized spacial score (nSPS) is 10.8. The third kappa shape index (κ3) is 3.40. The van der Waals surface area contributed by atoms with E-state index < -0.39 is 0 Å². The Labute approximate surface area is 120 Å². The first kappa shape index (κ1) is 13.3. The van der Waals surface area contributed by atoms with Crippen LogP contribution in [0.4, 0.5) is 0 Å². The van der Waals surface area contributed by atoms with E-state index in [0.717, 1.165) is 8.95 Å². The van der Waals surface area contributed by atoms with Gasteiger partial charge in [-0.15, -0.1) is 0 Å². The number of rotatable bonds is 3. The minimum atomic E-state index is -0.215. The summed E-state index contributed by atoms with van der Waals surface area (Å²) >= 11 is 6.97. The molecule has 0 aliphatic carbocycles. The van der Waals surface area contributed by atoms with Crippen LogP contribution in [0.15, 0.2) is 57.5 Å². The second-order valence-electron chi connectivity index (χ2n) is 3.70. The van der Waals surface area contributed by atoms with E-state index in [4.69, 9.17) is 0 Å². The van der Waals surface area contributed by atoms with Gasteiger partial charge in [-0.2, -0.15) is 0 Å². The molecule has 88 valence electrons. The molecule has 0 N–H and O–H groups in total. The van der Waals surface area contributed by atoms with E-state index in [-0.39, 0.29) is 7.92 Å². The average molecular weight is 372 g/mol. The molecule has 0 aromatic heterocycles. The number of hydrogen-bond donors (Lipinski definition) is 0. The van der Waals surface area contributed by atoms with Crippen molar-refractivity contribution in [3.05, 3.63) is 57.5 Å². The molecule has 0 unspecified atom stereocenters. The lowest BCUT2D eigenvalue weighted by molar-refractivity contribution is 1.50. The van der Waals surface area contributed by atoms with Crippen LogP contribution < -0.4 is 10.6 Å². The maximum absolute atomic E-state index is 3.48. The topological polar surface area (TPSA) is 0 Å². The summed E-state index contributed by atoms with van der Waals surface area (Å²) in [6.45, 7) is 2.26. The van der Waals surface area contributed by atoms with E-state index in [1.165, 1.54) is 16.8 Å². The van der Waals surface area contributed by atoms with Gasteiger partial charge in [0.2, 0.25) is 0 Å². The predicted octanol–water partition coefficient (Wildman–Crippen LogP) is 4.66. The summed E-state index contributed by atoms with van der Waals surface area (Å²) in [5.41, 5.74) is 0. The van der Waals surface area contributed by atoms with E-state index in [2.05, 4.69) is 87.3 Å². The molecule has 0 atom stereocenters. The fourth-order valence-corrected chi connectivity index (χ4v) is 4.33. The Morgan fingerprint density at radius 3 is 1.41 bits per heavy atom. The third-order valence-corrected chi connectivity index (χ3v) is 6.13. The lowest BCUT2D eigenvalue weighted by Gasteiger charge is -2.16. The first-order valence-electron chi connectivity index (χ1n) is 5.49. The quantitative estimate of drug-likeness (QED) is 0.688. The Morgan fingerprint density at radius 1 is 0.765 bits per heavy atom. The summed E-state index contributed by atoms with van der Waals surface area (Å²) in [5, 5.41) is 2.88. The molecule has 0 nitrogen and oxygen atoms in total. The fourth-order valence-electron chi connectivity index (χ4n) is 1.76. The summed E-state index contributed by atoms with van der Waals surface area (Å²) in [6.07, 6.45) is 1.18. The van der Waals surface area contributed by atoms with Gasteiger partial charge in [-0.1, -0.05) is 63.0 Å². The number of benzene rings is 2. The van der Waals surface area contributed by atoms with Crippen molar-refractivity contribution in [3.8, 4) is 0 Å². The van der Waals surface area contributed by atoms with Gasteiger partial charge < -0.3 is 0 Å². The zero-order valence-electron chi connectivity index (χ0n) is 9.53. The second-order valence-corrected chi connectivity index (χ2v) is 8.05. The van der Waals surface area contributed by atoms with Gasteiger partial charge in [0.25, 0.3) is 0 Å². The highest BCUT2D eigenvalue weighted by Gasteiger charge is 2.10. The van der Waals surface area contributed by atoms with E-state index in [1.807, 2.05) is 0 Å². The van der Waals surface area contributed by atoms with Gasteiger partial charge in [-0.3, -0.25) is 0 Å². The summed E-state index contributed by atoms with van der Waals surface area (Å²) in [6, 6.07) is 17.4. The first-order valence-corrected chi connectivity index (χ1v) is 8.60. The van der Waals surface area contributed by atoms with Crippen molar-refractivity contribution in [3.63, 3.8) is 0 Å². The Morgan fingerprint density at radius 2 is 1.12 bits per heavy atom. The van der Waals surface area contributed by atoms with Crippen molar-refractivity contribution in [2.45, 2.75) is 6.92 Å². The van der Waals surface area contributed by atoms with Crippen molar-refractivity contribution >= 4 is 50.4 Å². The van der Waals surface area contributed by atoms with Crippen LogP contribution >= 0.6 is 39.8 Å². The Bertz CT molecular complexity index is 431. The van der Waals surface area contributed by atoms with Gasteiger partial charge in [0.1, 0.15) is 0 Å². The van der Waals surface area contributed by atoms with Crippen molar-refractivity contribution in [2.75, 3.05) is 6.16 Å². The predicted molar refractivity (Wildman–Crippen MR) is 85.0 cm³/mol. The van der Waals surface area contributed by atoms with E-state index in [1.54, 1.807) is 0 Å². The molecular formula is C14H13Br2P.